The molecule has 0 saturated carbocycles. The molecule has 0 fully saturated rings. The second-order valence-corrected chi connectivity index (χ2v) is 7.75. The molecule has 0 atom stereocenters. The van der Waals surface area contributed by atoms with Gasteiger partial charge in [-0.05, 0) is 70.7 Å². The molecule has 0 aromatic heterocycles. The molecular weight excluding hydrogens is 336 g/mol. The predicted molar refractivity (Wildman–Crippen MR) is 111 cm³/mol. The molecule has 4 heteroatoms. The van der Waals surface area contributed by atoms with Crippen LogP contribution < -0.4 is 9.80 Å². The van der Waals surface area contributed by atoms with E-state index in [1.807, 2.05) is 32.6 Å². The van der Waals surface area contributed by atoms with Gasteiger partial charge in [0, 0.05) is 0 Å². The molecule has 1 heterocycles. The minimum absolute atomic E-state index is 0.0359. The fraction of sp³-hybridized carbons (Fsp3) is 0.348. The van der Waals surface area contributed by atoms with Crippen LogP contribution in [0, 0.1) is 41.5 Å². The number of hydrogen-bond donors (Lipinski definition) is 1. The molecule has 0 unspecified atom stereocenters. The smallest absolute Gasteiger partial charge is 0.260 e. The molecule has 2 aromatic carbocycles. The van der Waals surface area contributed by atoms with Gasteiger partial charge in [0.15, 0.2) is 0 Å². The fourth-order valence-electron chi connectivity index (χ4n) is 4.32. The van der Waals surface area contributed by atoms with Gasteiger partial charge in [-0.1, -0.05) is 35.4 Å². The first kappa shape index (κ1) is 19.0. The van der Waals surface area contributed by atoms with Crippen molar-refractivity contribution in [3.8, 4) is 0 Å². The van der Waals surface area contributed by atoms with Crippen molar-refractivity contribution >= 4 is 17.3 Å². The Morgan fingerprint density at radius 1 is 0.704 bits per heavy atom. The molecule has 0 bridgehead atoms. The zero-order valence-corrected chi connectivity index (χ0v) is 17.3. The molecule has 142 valence electrons. The maximum Gasteiger partial charge on any atom is 0.260 e. The van der Waals surface area contributed by atoms with E-state index < -0.39 is 0 Å². The predicted octanol–water partition coefficient (Wildman–Crippen LogP) is 5.14. The number of hydrogen-bond acceptors (Lipinski definition) is 3. The van der Waals surface area contributed by atoms with Gasteiger partial charge in [-0.2, -0.15) is 0 Å². The summed E-state index contributed by atoms with van der Waals surface area (Å²) >= 11 is 0. The minimum Gasteiger partial charge on any atom is -0.494 e. The third-order valence-corrected chi connectivity index (χ3v) is 5.25. The lowest BCUT2D eigenvalue weighted by atomic mass is 10.0. The molecule has 0 saturated heterocycles. The molecule has 4 nitrogen and oxygen atoms in total. The molecule has 1 N–H and O–H groups in total. The summed E-state index contributed by atoms with van der Waals surface area (Å²) in [6.07, 6.45) is 0. The molecule has 0 radical (unpaired) electrons. The Balaban J connectivity index is 2.17. The maximum atomic E-state index is 13.0. The number of aliphatic hydroxyl groups excluding tert-OH is 1. The third-order valence-electron chi connectivity index (χ3n) is 5.25. The SMILES string of the molecule is CC1=C(O)N(c2c(C)cc(C)cc2C)CN(c2c(C)cc(C)cc2C)C1=O. The fourth-order valence-corrected chi connectivity index (χ4v) is 4.32. The standard InChI is InChI=1S/C23H28N2O2/c1-13-8-15(3)20(16(4)9-13)24-12-25(23(27)19(7)22(24)26)21-17(5)10-14(2)11-18(21)6/h8-11,26H,12H2,1-7H3. The summed E-state index contributed by atoms with van der Waals surface area (Å²) in [5, 5.41) is 10.8. The van der Waals surface area contributed by atoms with Crippen LogP contribution in [0.1, 0.15) is 40.3 Å². The molecule has 0 spiro atoms. The highest BCUT2D eigenvalue weighted by molar-refractivity contribution is 6.08. The Labute approximate surface area is 161 Å². The average molecular weight is 364 g/mol. The second kappa shape index (κ2) is 6.76. The van der Waals surface area contributed by atoms with E-state index in [1.54, 1.807) is 11.8 Å². The van der Waals surface area contributed by atoms with Crippen molar-refractivity contribution in [1.29, 1.82) is 0 Å². The molecule has 1 aliphatic rings. The van der Waals surface area contributed by atoms with Crippen LogP contribution >= 0.6 is 0 Å². The van der Waals surface area contributed by atoms with Gasteiger partial charge >= 0.3 is 0 Å². The third kappa shape index (κ3) is 3.20. The van der Waals surface area contributed by atoms with Gasteiger partial charge in [0.1, 0.15) is 6.67 Å². The quantitative estimate of drug-likeness (QED) is 0.803. The van der Waals surface area contributed by atoms with Crippen LogP contribution in [-0.2, 0) is 4.79 Å². The number of carbonyl (C=O) groups is 1. The molecule has 27 heavy (non-hydrogen) atoms. The number of aliphatic hydroxyl groups is 1. The van der Waals surface area contributed by atoms with Gasteiger partial charge in [0.25, 0.3) is 5.91 Å². The first-order valence-electron chi connectivity index (χ1n) is 9.26. The Kier molecular flexibility index (Phi) is 4.77. The molecule has 1 aliphatic heterocycles. The Morgan fingerprint density at radius 2 is 1.07 bits per heavy atom. The maximum absolute atomic E-state index is 13.0. The largest absolute Gasteiger partial charge is 0.494 e. The van der Waals surface area contributed by atoms with Crippen molar-refractivity contribution in [2.75, 3.05) is 16.5 Å². The molecular formula is C23H28N2O2. The van der Waals surface area contributed by atoms with Crippen molar-refractivity contribution in [3.63, 3.8) is 0 Å². The second-order valence-electron chi connectivity index (χ2n) is 7.75. The van der Waals surface area contributed by atoms with Crippen LogP contribution in [0.4, 0.5) is 11.4 Å². The summed E-state index contributed by atoms with van der Waals surface area (Å²) in [5.41, 5.74) is 8.89. The topological polar surface area (TPSA) is 43.8 Å². The number of nitrogens with zero attached hydrogens (tertiary/aromatic N) is 2. The first-order chi connectivity index (χ1) is 12.6. The van der Waals surface area contributed by atoms with E-state index in [4.69, 9.17) is 0 Å². The summed E-state index contributed by atoms with van der Waals surface area (Å²) in [6, 6.07) is 8.40. The van der Waals surface area contributed by atoms with Crippen molar-refractivity contribution < 1.29 is 9.90 Å². The first-order valence-corrected chi connectivity index (χ1v) is 9.26. The van der Waals surface area contributed by atoms with Gasteiger partial charge in [-0.3, -0.25) is 14.6 Å². The van der Waals surface area contributed by atoms with Crippen LogP contribution in [0.2, 0.25) is 0 Å². The lowest BCUT2D eigenvalue weighted by Gasteiger charge is -2.39. The monoisotopic (exact) mass is 364 g/mol. The van der Waals surface area contributed by atoms with Crippen LogP contribution in [0.5, 0.6) is 0 Å². The number of benzene rings is 2. The van der Waals surface area contributed by atoms with Gasteiger partial charge < -0.3 is 5.11 Å². The Hall–Kier alpha value is -2.75. The van der Waals surface area contributed by atoms with Crippen LogP contribution in [0.25, 0.3) is 0 Å². The number of carbonyl (C=O) groups excluding carboxylic acids is 1. The van der Waals surface area contributed by atoms with Crippen LogP contribution in [-0.4, -0.2) is 17.7 Å². The van der Waals surface area contributed by atoms with Gasteiger partial charge in [0.05, 0.1) is 16.9 Å². The van der Waals surface area contributed by atoms with Crippen molar-refractivity contribution in [2.45, 2.75) is 48.5 Å². The highest BCUT2D eigenvalue weighted by Gasteiger charge is 2.33. The lowest BCUT2D eigenvalue weighted by Crippen LogP contribution is -2.48. The molecule has 1 amide bonds. The summed E-state index contributed by atoms with van der Waals surface area (Å²) in [7, 11) is 0. The summed E-state index contributed by atoms with van der Waals surface area (Å²) in [5.74, 6) is -0.116. The number of rotatable bonds is 2. The van der Waals surface area contributed by atoms with Crippen molar-refractivity contribution in [1.82, 2.24) is 0 Å². The average Bonchev–Trinajstić information content (AvgIpc) is 2.54. The zero-order valence-electron chi connectivity index (χ0n) is 17.3. The van der Waals surface area contributed by atoms with E-state index in [9.17, 15) is 9.90 Å². The van der Waals surface area contributed by atoms with Gasteiger partial charge in [-0.15, -0.1) is 0 Å². The molecule has 0 aliphatic carbocycles. The van der Waals surface area contributed by atoms with E-state index >= 15 is 0 Å². The van der Waals surface area contributed by atoms with Crippen LogP contribution in [0.15, 0.2) is 35.7 Å². The Morgan fingerprint density at radius 3 is 1.48 bits per heavy atom. The summed E-state index contributed by atoms with van der Waals surface area (Å²) < 4.78 is 0. The van der Waals surface area contributed by atoms with E-state index in [2.05, 4.69) is 38.1 Å². The number of aryl methyl sites for hydroxylation is 6. The number of anilines is 2. The summed E-state index contributed by atoms with van der Waals surface area (Å²) in [4.78, 5) is 16.6. The van der Waals surface area contributed by atoms with E-state index in [0.29, 0.717) is 5.57 Å². The highest BCUT2D eigenvalue weighted by Crippen LogP contribution is 2.35. The van der Waals surface area contributed by atoms with E-state index in [1.165, 1.54) is 11.1 Å². The number of amides is 1. The highest BCUT2D eigenvalue weighted by atomic mass is 16.3. The van der Waals surface area contributed by atoms with Crippen molar-refractivity contribution in [2.24, 2.45) is 0 Å². The Bertz CT molecular complexity index is 926. The molecule has 3 rings (SSSR count). The normalized spacial score (nSPS) is 15.0. The lowest BCUT2D eigenvalue weighted by molar-refractivity contribution is -0.115. The van der Waals surface area contributed by atoms with Gasteiger partial charge in [0.2, 0.25) is 5.88 Å². The van der Waals surface area contributed by atoms with Crippen molar-refractivity contribution in [3.05, 3.63) is 69.1 Å². The van der Waals surface area contributed by atoms with Crippen LogP contribution in [0.3, 0.4) is 0 Å². The summed E-state index contributed by atoms with van der Waals surface area (Å²) in [6.45, 7) is 14.2. The van der Waals surface area contributed by atoms with Gasteiger partial charge in [-0.25, -0.2) is 0 Å². The molecule has 2 aromatic rings. The van der Waals surface area contributed by atoms with E-state index in [-0.39, 0.29) is 18.5 Å². The minimum atomic E-state index is -0.152. The van der Waals surface area contributed by atoms with E-state index in [0.717, 1.165) is 33.6 Å². The zero-order chi connectivity index (χ0) is 20.0.